The zero-order valence-corrected chi connectivity index (χ0v) is 12.4. The normalized spacial score (nSPS) is 11.3. The van der Waals surface area contributed by atoms with Crippen molar-refractivity contribution < 1.29 is 18.0 Å². The van der Waals surface area contributed by atoms with Crippen LogP contribution in [0.25, 0.3) is 0 Å². The number of hydrogen-bond donors (Lipinski definition) is 0. The molecular formula is C14H10BrF3N2O. The average Bonchev–Trinajstić information content (AvgIpc) is 2.46. The van der Waals surface area contributed by atoms with E-state index in [-0.39, 0.29) is 5.56 Å². The number of halogens is 4. The summed E-state index contributed by atoms with van der Waals surface area (Å²) in [6.07, 6.45) is -1.50. The Bertz CT molecular complexity index is 659. The molecule has 0 aliphatic rings. The van der Waals surface area contributed by atoms with E-state index < -0.39 is 17.6 Å². The van der Waals surface area contributed by atoms with E-state index in [1.807, 2.05) is 0 Å². The number of rotatable bonds is 2. The maximum absolute atomic E-state index is 12.7. The Labute approximate surface area is 127 Å². The summed E-state index contributed by atoms with van der Waals surface area (Å²) >= 11 is 3.11. The molecule has 0 spiro atoms. The molecule has 1 heterocycles. The summed E-state index contributed by atoms with van der Waals surface area (Å²) in [7, 11) is 1.48. The predicted octanol–water partition coefficient (Wildman–Crippen LogP) is 4.14. The van der Waals surface area contributed by atoms with Gasteiger partial charge in [0.1, 0.15) is 0 Å². The molecule has 1 aromatic carbocycles. The molecule has 0 aliphatic heterocycles. The Morgan fingerprint density at radius 2 is 2.00 bits per heavy atom. The molecule has 0 radical (unpaired) electrons. The van der Waals surface area contributed by atoms with E-state index in [1.165, 1.54) is 24.2 Å². The number of hydrogen-bond acceptors (Lipinski definition) is 2. The van der Waals surface area contributed by atoms with E-state index in [0.717, 1.165) is 12.1 Å². The Morgan fingerprint density at radius 1 is 1.29 bits per heavy atom. The third-order valence-corrected chi connectivity index (χ3v) is 3.55. The van der Waals surface area contributed by atoms with Gasteiger partial charge in [-0.25, -0.2) is 0 Å². The summed E-state index contributed by atoms with van der Waals surface area (Å²) in [5, 5.41) is 0. The number of alkyl halides is 3. The average molecular weight is 359 g/mol. The summed E-state index contributed by atoms with van der Waals surface area (Å²) in [5.41, 5.74) is -0.434. The molecule has 2 aromatic rings. The van der Waals surface area contributed by atoms with Crippen LogP contribution >= 0.6 is 15.9 Å². The highest BCUT2D eigenvalue weighted by Gasteiger charge is 2.32. The van der Waals surface area contributed by atoms with Gasteiger partial charge in [0.15, 0.2) is 0 Å². The third-order valence-electron chi connectivity index (χ3n) is 2.86. The Hall–Kier alpha value is -1.89. The number of carbonyl (C=O) groups excluding carboxylic acids is 1. The molecule has 0 N–H and O–H groups in total. The van der Waals surface area contributed by atoms with Crippen LogP contribution < -0.4 is 4.90 Å². The number of carbonyl (C=O) groups is 1. The molecule has 3 nitrogen and oxygen atoms in total. The highest BCUT2D eigenvalue weighted by molar-refractivity contribution is 9.10. The second-order valence-electron chi connectivity index (χ2n) is 4.27. The lowest BCUT2D eigenvalue weighted by molar-refractivity contribution is -0.137. The van der Waals surface area contributed by atoms with E-state index in [1.54, 1.807) is 18.3 Å². The van der Waals surface area contributed by atoms with Gasteiger partial charge in [0, 0.05) is 17.7 Å². The fourth-order valence-corrected chi connectivity index (χ4v) is 2.13. The second-order valence-corrected chi connectivity index (χ2v) is 5.12. The molecule has 0 bridgehead atoms. The van der Waals surface area contributed by atoms with Crippen LogP contribution in [0.15, 0.2) is 47.2 Å². The first-order valence-corrected chi connectivity index (χ1v) is 6.65. The summed E-state index contributed by atoms with van der Waals surface area (Å²) in [6, 6.07) is 6.25. The lowest BCUT2D eigenvalue weighted by Crippen LogP contribution is -2.27. The van der Waals surface area contributed by atoms with Crippen molar-refractivity contribution in [1.82, 2.24) is 4.98 Å². The fraction of sp³-hybridized carbons (Fsp3) is 0.143. The van der Waals surface area contributed by atoms with Crippen LogP contribution in [0.2, 0.25) is 0 Å². The summed E-state index contributed by atoms with van der Waals surface area (Å²) in [5.74, 6) is -0.555. The van der Waals surface area contributed by atoms with Crippen LogP contribution in [-0.4, -0.2) is 17.9 Å². The van der Waals surface area contributed by atoms with Crippen LogP contribution in [0.1, 0.15) is 15.9 Å². The van der Waals surface area contributed by atoms with Crippen molar-refractivity contribution in [3.63, 3.8) is 0 Å². The van der Waals surface area contributed by atoms with Gasteiger partial charge in [-0.3, -0.25) is 9.78 Å². The van der Waals surface area contributed by atoms with Crippen molar-refractivity contribution in [3.05, 3.63) is 58.3 Å². The first-order valence-electron chi connectivity index (χ1n) is 5.85. The summed E-state index contributed by atoms with van der Waals surface area (Å²) in [6.45, 7) is 0. The first-order chi connectivity index (χ1) is 9.80. The molecule has 21 heavy (non-hydrogen) atoms. The minimum atomic E-state index is -4.50. The maximum atomic E-state index is 12.7. The SMILES string of the molecule is CN(C(=O)c1cc(C(F)(F)F)ccc1Br)c1cccnc1. The van der Waals surface area contributed by atoms with Crippen molar-refractivity contribution in [1.29, 1.82) is 0 Å². The van der Waals surface area contributed by atoms with Gasteiger partial charge in [-0.1, -0.05) is 0 Å². The Morgan fingerprint density at radius 3 is 2.57 bits per heavy atom. The lowest BCUT2D eigenvalue weighted by atomic mass is 10.1. The highest BCUT2D eigenvalue weighted by Crippen LogP contribution is 2.32. The number of pyridine rings is 1. The van der Waals surface area contributed by atoms with Crippen LogP contribution in [0.4, 0.5) is 18.9 Å². The van der Waals surface area contributed by atoms with Gasteiger partial charge in [-0.15, -0.1) is 0 Å². The minimum Gasteiger partial charge on any atom is -0.310 e. The van der Waals surface area contributed by atoms with Gasteiger partial charge in [-0.05, 0) is 46.3 Å². The van der Waals surface area contributed by atoms with E-state index in [0.29, 0.717) is 10.2 Å². The molecule has 7 heteroatoms. The van der Waals surface area contributed by atoms with E-state index >= 15 is 0 Å². The van der Waals surface area contributed by atoms with Gasteiger partial charge >= 0.3 is 6.18 Å². The molecule has 0 aliphatic carbocycles. The maximum Gasteiger partial charge on any atom is 0.416 e. The zero-order valence-electron chi connectivity index (χ0n) is 10.9. The molecule has 2 rings (SSSR count). The summed E-state index contributed by atoms with van der Waals surface area (Å²) in [4.78, 5) is 17.5. The molecule has 110 valence electrons. The highest BCUT2D eigenvalue weighted by atomic mass is 79.9. The third kappa shape index (κ3) is 3.41. The van der Waals surface area contributed by atoms with Crippen molar-refractivity contribution in [2.24, 2.45) is 0 Å². The molecular weight excluding hydrogens is 349 g/mol. The van der Waals surface area contributed by atoms with Crippen molar-refractivity contribution in [2.75, 3.05) is 11.9 Å². The van der Waals surface area contributed by atoms with Gasteiger partial charge < -0.3 is 4.90 Å². The zero-order chi connectivity index (χ0) is 15.6. The van der Waals surface area contributed by atoms with Gasteiger partial charge in [0.2, 0.25) is 0 Å². The predicted molar refractivity (Wildman–Crippen MR) is 76.1 cm³/mol. The molecule has 0 unspecified atom stereocenters. The van der Waals surface area contributed by atoms with Crippen LogP contribution in [0.3, 0.4) is 0 Å². The smallest absolute Gasteiger partial charge is 0.310 e. The van der Waals surface area contributed by atoms with Gasteiger partial charge in [0.25, 0.3) is 5.91 Å². The van der Waals surface area contributed by atoms with E-state index in [4.69, 9.17) is 0 Å². The van der Waals surface area contributed by atoms with Crippen LogP contribution in [-0.2, 0) is 6.18 Å². The largest absolute Gasteiger partial charge is 0.416 e. The minimum absolute atomic E-state index is 0.0591. The van der Waals surface area contributed by atoms with Gasteiger partial charge in [0.05, 0.1) is 23.0 Å². The molecule has 0 saturated heterocycles. The Balaban J connectivity index is 2.39. The van der Waals surface area contributed by atoms with E-state index in [9.17, 15) is 18.0 Å². The first kappa shape index (κ1) is 15.5. The molecule has 0 atom stereocenters. The van der Waals surface area contributed by atoms with Crippen LogP contribution in [0, 0.1) is 0 Å². The monoisotopic (exact) mass is 358 g/mol. The van der Waals surface area contributed by atoms with Crippen molar-refractivity contribution in [2.45, 2.75) is 6.18 Å². The number of amides is 1. The van der Waals surface area contributed by atoms with Crippen LogP contribution in [0.5, 0.6) is 0 Å². The topological polar surface area (TPSA) is 33.2 Å². The standard InChI is InChI=1S/C14H10BrF3N2O/c1-20(10-3-2-6-19-8-10)13(21)11-7-9(14(16,17)18)4-5-12(11)15/h2-8H,1H3. The molecule has 1 amide bonds. The molecule has 0 fully saturated rings. The number of aromatic nitrogens is 1. The van der Waals surface area contributed by atoms with Crippen molar-refractivity contribution >= 4 is 27.5 Å². The second kappa shape index (κ2) is 5.85. The fourth-order valence-electron chi connectivity index (χ4n) is 1.72. The quantitative estimate of drug-likeness (QED) is 0.808. The Kier molecular flexibility index (Phi) is 4.32. The lowest BCUT2D eigenvalue weighted by Gasteiger charge is -2.18. The number of nitrogens with zero attached hydrogens (tertiary/aromatic N) is 2. The molecule has 1 aromatic heterocycles. The number of benzene rings is 1. The number of anilines is 1. The van der Waals surface area contributed by atoms with E-state index in [2.05, 4.69) is 20.9 Å². The van der Waals surface area contributed by atoms with Gasteiger partial charge in [-0.2, -0.15) is 13.2 Å². The van der Waals surface area contributed by atoms with Crippen molar-refractivity contribution in [3.8, 4) is 0 Å². The summed E-state index contributed by atoms with van der Waals surface area (Å²) < 4.78 is 38.5. The molecule has 0 saturated carbocycles.